The fourth-order valence-electron chi connectivity index (χ4n) is 1.90. The first-order valence-electron chi connectivity index (χ1n) is 6.50. The minimum Gasteiger partial charge on any atom is -0.508 e. The number of ketones is 1. The van der Waals surface area contributed by atoms with E-state index in [2.05, 4.69) is 0 Å². The van der Waals surface area contributed by atoms with Crippen LogP contribution in [0.15, 0.2) is 41.3 Å². The molecule has 0 aliphatic rings. The molecule has 1 N–H and O–H groups in total. The number of phenols is 1. The molecule has 20 heavy (non-hydrogen) atoms. The number of benzene rings is 2. The van der Waals surface area contributed by atoms with E-state index in [4.69, 9.17) is 0 Å². The van der Waals surface area contributed by atoms with Crippen LogP contribution in [-0.4, -0.2) is 16.6 Å². The van der Waals surface area contributed by atoms with E-state index < -0.39 is 0 Å². The van der Waals surface area contributed by atoms with Gasteiger partial charge in [0, 0.05) is 10.5 Å². The van der Waals surface area contributed by atoms with Gasteiger partial charge in [0.25, 0.3) is 0 Å². The van der Waals surface area contributed by atoms with Crippen molar-refractivity contribution in [3.8, 4) is 5.75 Å². The first kappa shape index (κ1) is 14.7. The van der Waals surface area contributed by atoms with Gasteiger partial charge in [-0.2, -0.15) is 0 Å². The van der Waals surface area contributed by atoms with E-state index in [0.717, 1.165) is 27.1 Å². The van der Waals surface area contributed by atoms with Gasteiger partial charge in [0.15, 0.2) is 5.78 Å². The van der Waals surface area contributed by atoms with E-state index >= 15 is 0 Å². The fraction of sp³-hybridized carbons (Fsp3) is 0.235. The molecule has 0 saturated carbocycles. The lowest BCUT2D eigenvalue weighted by Crippen LogP contribution is -2.02. The van der Waals surface area contributed by atoms with E-state index in [-0.39, 0.29) is 5.78 Å². The molecule has 0 aliphatic carbocycles. The summed E-state index contributed by atoms with van der Waals surface area (Å²) in [5, 5.41) is 9.63. The summed E-state index contributed by atoms with van der Waals surface area (Å²) in [7, 11) is 0. The summed E-state index contributed by atoms with van der Waals surface area (Å²) < 4.78 is 0. The van der Waals surface area contributed by atoms with Crippen LogP contribution in [0.4, 0.5) is 0 Å². The molecular formula is C17H18O2S. The van der Waals surface area contributed by atoms with Crippen molar-refractivity contribution in [3.63, 3.8) is 0 Å². The van der Waals surface area contributed by atoms with E-state index in [1.807, 2.05) is 51.1 Å². The molecule has 2 aromatic carbocycles. The Bertz CT molecular complexity index is 630. The monoisotopic (exact) mass is 286 g/mol. The molecule has 0 aliphatic heterocycles. The topological polar surface area (TPSA) is 37.3 Å². The van der Waals surface area contributed by atoms with Gasteiger partial charge in [0.2, 0.25) is 0 Å². The van der Waals surface area contributed by atoms with Crippen LogP contribution in [0.1, 0.15) is 27.0 Å². The number of hydrogen-bond donors (Lipinski definition) is 1. The first-order valence-corrected chi connectivity index (χ1v) is 7.49. The second-order valence-corrected chi connectivity index (χ2v) is 6.00. The van der Waals surface area contributed by atoms with Crippen molar-refractivity contribution in [1.82, 2.24) is 0 Å². The number of thioether (sulfide) groups is 1. The lowest BCUT2D eigenvalue weighted by molar-refractivity contribution is 0.102. The highest BCUT2D eigenvalue weighted by atomic mass is 32.2. The Balaban J connectivity index is 2.07. The molecule has 0 aromatic heterocycles. The maximum atomic E-state index is 12.1. The van der Waals surface area contributed by atoms with Gasteiger partial charge < -0.3 is 5.11 Å². The molecule has 2 nitrogen and oxygen atoms in total. The predicted octanol–water partition coefficient (Wildman–Crippen LogP) is 4.29. The van der Waals surface area contributed by atoms with Gasteiger partial charge in [-0.1, -0.05) is 29.8 Å². The Morgan fingerprint density at radius 3 is 2.35 bits per heavy atom. The Hall–Kier alpha value is -1.74. The van der Waals surface area contributed by atoms with E-state index in [9.17, 15) is 9.90 Å². The zero-order valence-corrected chi connectivity index (χ0v) is 12.8. The SMILES string of the molecule is Cc1ccc(C(=O)CSc2cc(C)c(O)cc2C)cc1. The number of carbonyl (C=O) groups excluding carboxylic acids is 1. The van der Waals surface area contributed by atoms with Crippen LogP contribution in [0.25, 0.3) is 0 Å². The minimum atomic E-state index is 0.125. The van der Waals surface area contributed by atoms with Gasteiger partial charge >= 0.3 is 0 Å². The first-order chi connectivity index (χ1) is 9.47. The van der Waals surface area contributed by atoms with Gasteiger partial charge in [-0.15, -0.1) is 11.8 Å². The van der Waals surface area contributed by atoms with Gasteiger partial charge in [0.05, 0.1) is 5.75 Å². The Labute approximate surface area is 123 Å². The summed E-state index contributed by atoms with van der Waals surface area (Å²) in [6, 6.07) is 11.3. The van der Waals surface area contributed by atoms with Gasteiger partial charge in [-0.3, -0.25) is 4.79 Å². The zero-order chi connectivity index (χ0) is 14.7. The van der Waals surface area contributed by atoms with Crippen LogP contribution < -0.4 is 0 Å². The number of aryl methyl sites for hydroxylation is 3. The fourth-order valence-corrected chi connectivity index (χ4v) is 2.90. The number of Topliss-reactive ketones (excluding diaryl/α,β-unsaturated/α-hetero) is 1. The Morgan fingerprint density at radius 1 is 1.05 bits per heavy atom. The average Bonchev–Trinajstić information content (AvgIpc) is 2.42. The molecule has 2 aromatic rings. The number of phenolic OH excluding ortho intramolecular Hbond substituents is 1. The van der Waals surface area contributed by atoms with Gasteiger partial charge in [-0.25, -0.2) is 0 Å². The summed E-state index contributed by atoms with van der Waals surface area (Å²) in [6.45, 7) is 5.81. The molecule has 0 atom stereocenters. The minimum absolute atomic E-state index is 0.125. The summed E-state index contributed by atoms with van der Waals surface area (Å²) in [5.41, 5.74) is 3.73. The molecule has 0 heterocycles. The van der Waals surface area contributed by atoms with Crippen LogP contribution in [-0.2, 0) is 0 Å². The number of carbonyl (C=O) groups is 1. The highest BCUT2D eigenvalue weighted by molar-refractivity contribution is 8.00. The smallest absolute Gasteiger partial charge is 0.173 e. The van der Waals surface area contributed by atoms with Crippen LogP contribution in [0, 0.1) is 20.8 Å². The van der Waals surface area contributed by atoms with Gasteiger partial charge in [-0.05, 0) is 44.0 Å². The van der Waals surface area contributed by atoms with Crippen LogP contribution in [0.2, 0.25) is 0 Å². The average molecular weight is 286 g/mol. The highest BCUT2D eigenvalue weighted by Gasteiger charge is 2.09. The van der Waals surface area contributed by atoms with Crippen molar-refractivity contribution < 1.29 is 9.90 Å². The van der Waals surface area contributed by atoms with Crippen LogP contribution >= 0.6 is 11.8 Å². The van der Waals surface area contributed by atoms with E-state index in [0.29, 0.717) is 11.5 Å². The zero-order valence-electron chi connectivity index (χ0n) is 11.9. The van der Waals surface area contributed by atoms with E-state index in [1.54, 1.807) is 6.07 Å². The van der Waals surface area contributed by atoms with Crippen molar-refractivity contribution in [1.29, 1.82) is 0 Å². The number of hydrogen-bond acceptors (Lipinski definition) is 3. The molecule has 0 unspecified atom stereocenters. The molecule has 3 heteroatoms. The predicted molar refractivity (Wildman–Crippen MR) is 83.8 cm³/mol. The quantitative estimate of drug-likeness (QED) is 0.673. The Kier molecular flexibility index (Phi) is 4.50. The molecule has 104 valence electrons. The lowest BCUT2D eigenvalue weighted by atomic mass is 10.1. The largest absolute Gasteiger partial charge is 0.508 e. The van der Waals surface area contributed by atoms with Crippen LogP contribution in [0.3, 0.4) is 0 Å². The normalized spacial score (nSPS) is 10.6. The summed E-state index contributed by atoms with van der Waals surface area (Å²) in [4.78, 5) is 13.2. The van der Waals surface area contributed by atoms with Crippen molar-refractivity contribution in [2.75, 3.05) is 5.75 Å². The standard InChI is InChI=1S/C17H18O2S/c1-11-4-6-14(7-5-11)16(19)10-20-17-9-12(2)15(18)8-13(17)3/h4-9,18H,10H2,1-3H3. The number of rotatable bonds is 4. The summed E-state index contributed by atoms with van der Waals surface area (Å²) in [6.07, 6.45) is 0. The Morgan fingerprint density at radius 2 is 1.70 bits per heavy atom. The second-order valence-electron chi connectivity index (χ2n) is 4.98. The number of aromatic hydroxyl groups is 1. The maximum Gasteiger partial charge on any atom is 0.173 e. The third-order valence-electron chi connectivity index (χ3n) is 3.23. The molecule has 0 bridgehead atoms. The molecule has 0 fully saturated rings. The van der Waals surface area contributed by atoms with Crippen LogP contribution in [0.5, 0.6) is 5.75 Å². The van der Waals surface area contributed by atoms with Crippen molar-refractivity contribution in [3.05, 3.63) is 58.7 Å². The highest BCUT2D eigenvalue weighted by Crippen LogP contribution is 2.29. The molecule has 0 saturated heterocycles. The summed E-state index contributed by atoms with van der Waals surface area (Å²) >= 11 is 1.52. The molecule has 0 radical (unpaired) electrons. The molecule has 2 rings (SSSR count). The third-order valence-corrected chi connectivity index (χ3v) is 4.38. The second kappa shape index (κ2) is 6.14. The molecule has 0 amide bonds. The maximum absolute atomic E-state index is 12.1. The molecule has 0 spiro atoms. The van der Waals surface area contributed by atoms with Crippen molar-refractivity contribution in [2.45, 2.75) is 25.7 Å². The van der Waals surface area contributed by atoms with Crippen molar-refractivity contribution >= 4 is 17.5 Å². The lowest BCUT2D eigenvalue weighted by Gasteiger charge is -2.08. The molecular weight excluding hydrogens is 268 g/mol. The van der Waals surface area contributed by atoms with Gasteiger partial charge in [0.1, 0.15) is 5.75 Å². The third kappa shape index (κ3) is 3.42. The van der Waals surface area contributed by atoms with E-state index in [1.165, 1.54) is 11.8 Å². The summed E-state index contributed by atoms with van der Waals surface area (Å²) in [5.74, 6) is 0.838. The van der Waals surface area contributed by atoms with Crippen molar-refractivity contribution in [2.24, 2.45) is 0 Å².